The van der Waals surface area contributed by atoms with Crippen LogP contribution in [0.15, 0.2) is 47.0 Å². The van der Waals surface area contributed by atoms with Crippen molar-refractivity contribution < 1.29 is 34.1 Å². The number of hydrogen-bond donors (Lipinski definition) is 4. The van der Waals surface area contributed by atoms with Gasteiger partial charge in [-0.25, -0.2) is 0 Å². The highest BCUT2D eigenvalue weighted by atomic mass is 79.9. The largest absolute Gasteiger partial charge is 0.495 e. The SMILES string of the molecule is COC1=C(Br)C(O)C2(C=C1Br)CC(C(=O)NCC(O)c1cc(Br)c(OCCCNC(C)=O)c(Br)c1)=NO2. The molecule has 1 heterocycles. The van der Waals surface area contributed by atoms with E-state index in [9.17, 15) is 19.8 Å². The fraction of sp³-hybridized carbons (Fsp3) is 0.435. The lowest BCUT2D eigenvalue weighted by atomic mass is 9.87. The van der Waals surface area contributed by atoms with E-state index >= 15 is 0 Å². The van der Waals surface area contributed by atoms with Crippen LogP contribution in [0.4, 0.5) is 0 Å². The van der Waals surface area contributed by atoms with Gasteiger partial charge in [-0.3, -0.25) is 9.59 Å². The number of oxime groups is 1. The molecule has 3 atom stereocenters. The average molecular weight is 775 g/mol. The number of amides is 2. The van der Waals surface area contributed by atoms with E-state index in [1.165, 1.54) is 14.0 Å². The molecule has 3 unspecified atom stereocenters. The third-order valence-electron chi connectivity index (χ3n) is 5.55. The standard InChI is InChI=1S/C23H25Br4N3O7/c1-11(31)28-4-3-5-36-19-13(24)6-12(7-14(19)25)17(32)10-29-22(34)16-9-23(37-30-16)8-15(26)20(35-2)18(27)21(23)33/h6-8,17,21,32-33H,3-5,9-10H2,1-2H3,(H,28,31)(H,29,34). The normalized spacial score (nSPS) is 21.7. The van der Waals surface area contributed by atoms with Crippen LogP contribution in [0.25, 0.3) is 0 Å². The number of nitrogens with zero attached hydrogens (tertiary/aromatic N) is 1. The zero-order valence-electron chi connectivity index (χ0n) is 19.8. The molecule has 4 N–H and O–H groups in total. The van der Waals surface area contributed by atoms with Gasteiger partial charge in [-0.1, -0.05) is 5.16 Å². The maximum atomic E-state index is 12.7. The fourth-order valence-corrected chi connectivity index (χ4v) is 6.89. The van der Waals surface area contributed by atoms with Crippen molar-refractivity contribution in [2.75, 3.05) is 26.8 Å². The van der Waals surface area contributed by atoms with Gasteiger partial charge in [0.25, 0.3) is 5.91 Å². The van der Waals surface area contributed by atoms with Crippen molar-refractivity contribution in [1.82, 2.24) is 10.6 Å². The van der Waals surface area contributed by atoms with E-state index in [4.69, 9.17) is 14.3 Å². The van der Waals surface area contributed by atoms with E-state index in [0.717, 1.165) is 0 Å². The Labute approximate surface area is 247 Å². The fourth-order valence-electron chi connectivity index (χ4n) is 3.65. The van der Waals surface area contributed by atoms with Crippen LogP contribution < -0.4 is 15.4 Å². The van der Waals surface area contributed by atoms with Gasteiger partial charge in [-0.05, 0) is 93.9 Å². The number of ether oxygens (including phenoxy) is 2. The summed E-state index contributed by atoms with van der Waals surface area (Å²) in [5.41, 5.74) is -0.644. The summed E-state index contributed by atoms with van der Waals surface area (Å²) in [5, 5.41) is 30.6. The highest BCUT2D eigenvalue weighted by Gasteiger charge is 2.50. The highest BCUT2D eigenvalue weighted by molar-refractivity contribution is 9.12. The number of aliphatic hydroxyl groups is 2. The third kappa shape index (κ3) is 7.15. The number of aliphatic hydroxyl groups excluding tert-OH is 2. The first kappa shape index (κ1) is 30.1. The lowest BCUT2D eigenvalue weighted by molar-refractivity contribution is -0.119. The summed E-state index contributed by atoms with van der Waals surface area (Å²) in [6.07, 6.45) is 0.108. The molecule has 0 radical (unpaired) electrons. The van der Waals surface area contributed by atoms with E-state index in [-0.39, 0.29) is 24.6 Å². The van der Waals surface area contributed by atoms with E-state index < -0.39 is 23.7 Å². The molecule has 0 bridgehead atoms. The molecule has 14 heteroatoms. The number of benzene rings is 1. The molecule has 10 nitrogen and oxygen atoms in total. The predicted octanol–water partition coefficient (Wildman–Crippen LogP) is 3.69. The number of hydrogen-bond acceptors (Lipinski definition) is 8. The number of allylic oxidation sites excluding steroid dienone is 1. The molecule has 0 aromatic heterocycles. The summed E-state index contributed by atoms with van der Waals surface area (Å²) in [5.74, 6) is 0.360. The zero-order chi connectivity index (χ0) is 27.3. The van der Waals surface area contributed by atoms with E-state index in [0.29, 0.717) is 54.6 Å². The molecular formula is C23H25Br4N3O7. The smallest absolute Gasteiger partial charge is 0.269 e. The summed E-state index contributed by atoms with van der Waals surface area (Å²) in [4.78, 5) is 29.2. The summed E-state index contributed by atoms with van der Waals surface area (Å²) < 4.78 is 13.2. The predicted molar refractivity (Wildman–Crippen MR) is 150 cm³/mol. The van der Waals surface area contributed by atoms with Crippen LogP contribution in [-0.4, -0.2) is 66.3 Å². The Morgan fingerprint density at radius 1 is 1.24 bits per heavy atom. The Morgan fingerprint density at radius 3 is 2.54 bits per heavy atom. The second-order valence-electron chi connectivity index (χ2n) is 8.26. The Balaban J connectivity index is 1.56. The molecule has 1 aromatic rings. The first-order valence-corrected chi connectivity index (χ1v) is 14.2. The van der Waals surface area contributed by atoms with Crippen molar-refractivity contribution in [3.63, 3.8) is 0 Å². The molecule has 2 aliphatic rings. The molecule has 0 fully saturated rings. The average Bonchev–Trinajstić information content (AvgIpc) is 3.27. The van der Waals surface area contributed by atoms with Gasteiger partial charge in [-0.2, -0.15) is 0 Å². The van der Waals surface area contributed by atoms with E-state index in [2.05, 4.69) is 79.5 Å². The number of carbonyl (C=O) groups excluding carboxylic acids is 2. The van der Waals surface area contributed by atoms with Crippen molar-refractivity contribution in [3.8, 4) is 5.75 Å². The molecule has 1 aliphatic carbocycles. The van der Waals surface area contributed by atoms with Crippen LogP contribution in [0.3, 0.4) is 0 Å². The number of halogens is 4. The molecule has 2 amide bonds. The second-order valence-corrected chi connectivity index (χ2v) is 11.7. The molecule has 0 saturated heterocycles. The molecular weight excluding hydrogens is 750 g/mol. The number of methoxy groups -OCH3 is 1. The Hall–Kier alpha value is -1.45. The van der Waals surface area contributed by atoms with Crippen molar-refractivity contribution in [2.24, 2.45) is 5.16 Å². The lowest BCUT2D eigenvalue weighted by Gasteiger charge is -2.33. The van der Waals surface area contributed by atoms with Crippen molar-refractivity contribution >= 4 is 81.2 Å². The van der Waals surface area contributed by atoms with Crippen LogP contribution >= 0.6 is 63.7 Å². The van der Waals surface area contributed by atoms with Crippen LogP contribution in [-0.2, 0) is 19.2 Å². The van der Waals surface area contributed by atoms with Gasteiger partial charge in [0.2, 0.25) is 5.91 Å². The minimum Gasteiger partial charge on any atom is -0.495 e. The molecule has 1 aliphatic heterocycles. The lowest BCUT2D eigenvalue weighted by Crippen LogP contribution is -2.45. The van der Waals surface area contributed by atoms with Gasteiger partial charge < -0.3 is 35.2 Å². The van der Waals surface area contributed by atoms with Gasteiger partial charge in [0.15, 0.2) is 5.60 Å². The van der Waals surface area contributed by atoms with Crippen LogP contribution in [0.2, 0.25) is 0 Å². The van der Waals surface area contributed by atoms with Crippen LogP contribution in [0, 0.1) is 0 Å². The second kappa shape index (κ2) is 13.1. The molecule has 1 aromatic carbocycles. The Kier molecular flexibility index (Phi) is 10.6. The Morgan fingerprint density at radius 2 is 1.92 bits per heavy atom. The molecule has 202 valence electrons. The summed E-state index contributed by atoms with van der Waals surface area (Å²) >= 11 is 13.6. The van der Waals surface area contributed by atoms with Gasteiger partial charge in [0.05, 0.1) is 37.7 Å². The highest BCUT2D eigenvalue weighted by Crippen LogP contribution is 2.44. The first-order chi connectivity index (χ1) is 17.5. The third-order valence-corrected chi connectivity index (χ3v) is 8.11. The maximum absolute atomic E-state index is 12.7. The van der Waals surface area contributed by atoms with Gasteiger partial charge in [0, 0.05) is 26.4 Å². The van der Waals surface area contributed by atoms with Crippen molar-refractivity contribution in [1.29, 1.82) is 0 Å². The minimum absolute atomic E-state index is 0.0162. The number of rotatable bonds is 10. The minimum atomic E-state index is -1.27. The summed E-state index contributed by atoms with van der Waals surface area (Å²) in [6, 6.07) is 3.40. The molecule has 37 heavy (non-hydrogen) atoms. The topological polar surface area (TPSA) is 139 Å². The number of carbonyl (C=O) groups is 2. The van der Waals surface area contributed by atoms with Crippen LogP contribution in [0.5, 0.6) is 5.75 Å². The van der Waals surface area contributed by atoms with E-state index in [1.807, 2.05) is 0 Å². The molecule has 1 spiro atoms. The van der Waals surface area contributed by atoms with E-state index in [1.54, 1.807) is 18.2 Å². The van der Waals surface area contributed by atoms with Gasteiger partial charge in [-0.15, -0.1) is 0 Å². The molecule has 0 saturated carbocycles. The van der Waals surface area contributed by atoms with Gasteiger partial charge in [0.1, 0.15) is 23.3 Å². The maximum Gasteiger partial charge on any atom is 0.269 e. The Bertz CT molecular complexity index is 1130. The van der Waals surface area contributed by atoms with Crippen molar-refractivity contribution in [2.45, 2.75) is 37.6 Å². The first-order valence-electron chi connectivity index (χ1n) is 11.1. The summed E-state index contributed by atoms with van der Waals surface area (Å²) in [6.45, 7) is 2.27. The summed E-state index contributed by atoms with van der Waals surface area (Å²) in [7, 11) is 1.47. The monoisotopic (exact) mass is 771 g/mol. The van der Waals surface area contributed by atoms with Crippen LogP contribution in [0.1, 0.15) is 31.4 Å². The van der Waals surface area contributed by atoms with Gasteiger partial charge >= 0.3 is 0 Å². The van der Waals surface area contributed by atoms with Crippen molar-refractivity contribution in [3.05, 3.63) is 47.4 Å². The zero-order valence-corrected chi connectivity index (χ0v) is 26.2. The quantitative estimate of drug-likeness (QED) is 0.266. The number of nitrogens with one attached hydrogen (secondary N) is 2. The molecule has 3 rings (SSSR count).